The van der Waals surface area contributed by atoms with Gasteiger partial charge in [-0.25, -0.2) is 4.57 Å². The van der Waals surface area contributed by atoms with Crippen molar-refractivity contribution in [3.05, 3.63) is 115 Å². The molecule has 0 saturated heterocycles. The van der Waals surface area contributed by atoms with Crippen LogP contribution in [0.5, 0.6) is 0 Å². The number of rotatable bonds is 6. The summed E-state index contributed by atoms with van der Waals surface area (Å²) < 4.78 is 4.33. The molecule has 0 atom stereocenters. The maximum absolute atomic E-state index is 3.41. The van der Waals surface area contributed by atoms with E-state index in [0.717, 1.165) is 18.9 Å². The molecule has 0 bridgehead atoms. The summed E-state index contributed by atoms with van der Waals surface area (Å²) in [6.07, 6.45) is 8.49. The maximum Gasteiger partial charge on any atom is 0.221 e. The second-order valence-electron chi connectivity index (χ2n) is 6.55. The molecule has 0 spiro atoms. The van der Waals surface area contributed by atoms with Crippen LogP contribution in [-0.2, 0) is 13.2 Å². The third-order valence-corrected chi connectivity index (χ3v) is 4.56. The highest BCUT2D eigenvalue weighted by Crippen LogP contribution is 2.15. The molecule has 1 N–H and O–H groups in total. The van der Waals surface area contributed by atoms with Crippen molar-refractivity contribution in [2.45, 2.75) is 13.2 Å². The molecule has 0 unspecified atom stereocenters. The summed E-state index contributed by atoms with van der Waals surface area (Å²) in [7, 11) is 0. The first-order valence-electron chi connectivity index (χ1n) is 9.18. The van der Waals surface area contributed by atoms with Crippen LogP contribution in [0.15, 0.2) is 110 Å². The average Bonchev–Trinajstić information content (AvgIpc) is 2.75. The van der Waals surface area contributed by atoms with Gasteiger partial charge in [-0.2, -0.15) is 4.57 Å². The second kappa shape index (κ2) is 8.28. The predicted molar refractivity (Wildman–Crippen MR) is 108 cm³/mol. The summed E-state index contributed by atoms with van der Waals surface area (Å²) in [6, 6.07) is 29.4. The van der Waals surface area contributed by atoms with Gasteiger partial charge in [0, 0.05) is 35.5 Å². The number of hydrogen-bond donors (Lipinski definition) is 1. The van der Waals surface area contributed by atoms with E-state index in [4.69, 9.17) is 0 Å². The minimum atomic E-state index is 0.746. The standard InChI is InChI=1S/C24H23N3/c1-3-7-21(8-4-1)19-26-15-11-22(12-16-26)23-13-17-27(18-14-23)20-25-24-9-5-2-6-10-24/h1-18,25H,19-20H2/q+2. The molecule has 0 fully saturated rings. The van der Waals surface area contributed by atoms with Crippen molar-refractivity contribution >= 4 is 5.69 Å². The largest absolute Gasteiger partial charge is 0.330 e. The zero-order chi connectivity index (χ0) is 18.3. The van der Waals surface area contributed by atoms with Gasteiger partial charge < -0.3 is 5.32 Å². The monoisotopic (exact) mass is 353 g/mol. The van der Waals surface area contributed by atoms with Crippen LogP contribution >= 0.6 is 0 Å². The third kappa shape index (κ3) is 4.59. The molecule has 2 aromatic heterocycles. The van der Waals surface area contributed by atoms with E-state index in [1.54, 1.807) is 0 Å². The van der Waals surface area contributed by atoms with Crippen LogP contribution in [0, 0.1) is 0 Å². The molecule has 0 aliphatic rings. The Kier molecular flexibility index (Phi) is 5.21. The Morgan fingerprint density at radius 1 is 0.556 bits per heavy atom. The van der Waals surface area contributed by atoms with E-state index < -0.39 is 0 Å². The lowest BCUT2D eigenvalue weighted by atomic mass is 10.1. The first kappa shape index (κ1) is 17.0. The molecule has 0 aliphatic carbocycles. The fourth-order valence-corrected chi connectivity index (χ4v) is 3.04. The Balaban J connectivity index is 1.39. The number of hydrogen-bond acceptors (Lipinski definition) is 1. The summed E-state index contributed by atoms with van der Waals surface area (Å²) in [5, 5.41) is 3.41. The van der Waals surface area contributed by atoms with Crippen molar-refractivity contribution in [1.82, 2.24) is 0 Å². The van der Waals surface area contributed by atoms with Gasteiger partial charge in [-0.1, -0.05) is 48.5 Å². The molecule has 0 saturated carbocycles. The summed E-state index contributed by atoms with van der Waals surface area (Å²) in [5.74, 6) is 0. The second-order valence-corrected chi connectivity index (χ2v) is 6.55. The molecule has 2 aromatic carbocycles. The van der Waals surface area contributed by atoms with Gasteiger partial charge in [0.15, 0.2) is 31.3 Å². The minimum absolute atomic E-state index is 0.746. The molecule has 0 amide bonds. The maximum atomic E-state index is 3.41. The number of nitrogens with one attached hydrogen (secondary N) is 1. The van der Waals surface area contributed by atoms with E-state index in [-0.39, 0.29) is 0 Å². The van der Waals surface area contributed by atoms with Crippen LogP contribution in [0.2, 0.25) is 0 Å². The lowest BCUT2D eigenvalue weighted by molar-refractivity contribution is -0.691. The SMILES string of the molecule is c1ccc(C[n+]2ccc(-c3cc[n+](CNc4ccccc4)cc3)cc2)cc1. The molecule has 3 heteroatoms. The van der Waals surface area contributed by atoms with Crippen molar-refractivity contribution in [2.75, 3.05) is 5.32 Å². The van der Waals surface area contributed by atoms with E-state index in [0.29, 0.717) is 0 Å². The van der Waals surface area contributed by atoms with Crippen LogP contribution in [0.1, 0.15) is 5.56 Å². The zero-order valence-corrected chi connectivity index (χ0v) is 15.2. The Hall–Kier alpha value is -3.46. The molecule has 0 radical (unpaired) electrons. The molecular weight excluding hydrogens is 330 g/mol. The van der Waals surface area contributed by atoms with Crippen molar-refractivity contribution < 1.29 is 9.13 Å². The van der Waals surface area contributed by atoms with Crippen LogP contribution in [0.3, 0.4) is 0 Å². The Labute approximate surface area is 160 Å². The predicted octanol–water partition coefficient (Wildman–Crippen LogP) is 4.05. The van der Waals surface area contributed by atoms with Crippen molar-refractivity contribution in [3.63, 3.8) is 0 Å². The van der Waals surface area contributed by atoms with Gasteiger partial charge in [-0.3, -0.25) is 0 Å². The highest BCUT2D eigenvalue weighted by Gasteiger charge is 2.06. The molecule has 132 valence electrons. The summed E-state index contributed by atoms with van der Waals surface area (Å²) in [4.78, 5) is 0. The summed E-state index contributed by atoms with van der Waals surface area (Å²) in [5.41, 5.74) is 4.88. The van der Waals surface area contributed by atoms with E-state index in [1.807, 2.05) is 24.3 Å². The fraction of sp³-hybridized carbons (Fsp3) is 0.0833. The summed E-state index contributed by atoms with van der Waals surface area (Å²) >= 11 is 0. The molecule has 3 nitrogen and oxygen atoms in total. The Morgan fingerprint density at radius 2 is 1.07 bits per heavy atom. The van der Waals surface area contributed by atoms with Gasteiger partial charge >= 0.3 is 0 Å². The van der Waals surface area contributed by atoms with Gasteiger partial charge in [0.2, 0.25) is 6.67 Å². The lowest BCUT2D eigenvalue weighted by Crippen LogP contribution is -2.36. The van der Waals surface area contributed by atoms with Gasteiger partial charge in [-0.05, 0) is 23.3 Å². The topological polar surface area (TPSA) is 19.8 Å². The molecule has 2 heterocycles. The fourth-order valence-electron chi connectivity index (χ4n) is 3.04. The number of nitrogens with zero attached hydrogens (tertiary/aromatic N) is 2. The van der Waals surface area contributed by atoms with Crippen LogP contribution < -0.4 is 14.5 Å². The first-order chi connectivity index (χ1) is 13.4. The molecule has 27 heavy (non-hydrogen) atoms. The summed E-state index contributed by atoms with van der Waals surface area (Å²) in [6.45, 7) is 1.64. The minimum Gasteiger partial charge on any atom is -0.330 e. The highest BCUT2D eigenvalue weighted by atomic mass is 15.1. The molecule has 4 aromatic rings. The van der Waals surface area contributed by atoms with E-state index >= 15 is 0 Å². The Bertz CT molecular complexity index is 964. The van der Waals surface area contributed by atoms with Gasteiger partial charge in [0.25, 0.3) is 0 Å². The zero-order valence-electron chi connectivity index (χ0n) is 15.2. The molecular formula is C24H23N3+2. The van der Waals surface area contributed by atoms with Crippen molar-refractivity contribution in [1.29, 1.82) is 0 Å². The Morgan fingerprint density at radius 3 is 1.67 bits per heavy atom. The van der Waals surface area contributed by atoms with E-state index in [1.165, 1.54) is 16.7 Å². The number of pyridine rings is 2. The number of anilines is 1. The number of benzene rings is 2. The van der Waals surface area contributed by atoms with Crippen molar-refractivity contribution in [3.8, 4) is 11.1 Å². The number of para-hydroxylation sites is 1. The van der Waals surface area contributed by atoms with Crippen LogP contribution in [-0.4, -0.2) is 0 Å². The smallest absolute Gasteiger partial charge is 0.221 e. The third-order valence-electron chi connectivity index (χ3n) is 4.56. The van der Waals surface area contributed by atoms with Gasteiger partial charge in [-0.15, -0.1) is 0 Å². The van der Waals surface area contributed by atoms with E-state index in [9.17, 15) is 0 Å². The van der Waals surface area contributed by atoms with Crippen LogP contribution in [0.25, 0.3) is 11.1 Å². The van der Waals surface area contributed by atoms with Gasteiger partial charge in [0.1, 0.15) is 0 Å². The average molecular weight is 353 g/mol. The highest BCUT2D eigenvalue weighted by molar-refractivity contribution is 5.60. The normalized spacial score (nSPS) is 10.5. The molecule has 4 rings (SSSR count). The van der Waals surface area contributed by atoms with Crippen molar-refractivity contribution in [2.24, 2.45) is 0 Å². The quantitative estimate of drug-likeness (QED) is 0.519. The van der Waals surface area contributed by atoms with Crippen LogP contribution in [0.4, 0.5) is 5.69 Å². The number of aromatic nitrogens is 2. The molecule has 0 aliphatic heterocycles. The first-order valence-corrected chi connectivity index (χ1v) is 9.18. The van der Waals surface area contributed by atoms with E-state index in [2.05, 4.69) is 99.9 Å². The van der Waals surface area contributed by atoms with Gasteiger partial charge in [0.05, 0.1) is 0 Å². The lowest BCUT2D eigenvalue weighted by Gasteiger charge is -2.04.